The van der Waals surface area contributed by atoms with Crippen molar-refractivity contribution in [2.45, 2.75) is 25.3 Å². The van der Waals surface area contributed by atoms with Crippen molar-refractivity contribution in [2.75, 3.05) is 18.1 Å². The molecular formula is C13H19N3O. The lowest BCUT2D eigenvalue weighted by Crippen LogP contribution is -2.41. The number of amidine groups is 1. The summed E-state index contributed by atoms with van der Waals surface area (Å²) in [6.45, 7) is 0.842. The number of nitrogen functional groups attached to an aromatic ring is 1. The zero-order chi connectivity index (χ0) is 12.3. The van der Waals surface area contributed by atoms with E-state index in [4.69, 9.17) is 16.2 Å². The summed E-state index contributed by atoms with van der Waals surface area (Å²) >= 11 is 0. The van der Waals surface area contributed by atoms with Gasteiger partial charge in [-0.25, -0.2) is 0 Å². The van der Waals surface area contributed by atoms with Crippen molar-refractivity contribution in [1.29, 1.82) is 5.41 Å². The molecule has 0 aliphatic heterocycles. The Morgan fingerprint density at radius 2 is 2.00 bits per heavy atom. The van der Waals surface area contributed by atoms with Crippen LogP contribution in [0.5, 0.6) is 0 Å². The van der Waals surface area contributed by atoms with Gasteiger partial charge in [0.1, 0.15) is 5.84 Å². The van der Waals surface area contributed by atoms with Crippen LogP contribution in [0.2, 0.25) is 0 Å². The summed E-state index contributed by atoms with van der Waals surface area (Å²) in [5.74, 6) is 0.0916. The molecule has 92 valence electrons. The quantitative estimate of drug-likeness (QED) is 0.530. The number of rotatable bonds is 5. The van der Waals surface area contributed by atoms with E-state index in [-0.39, 0.29) is 12.4 Å². The summed E-state index contributed by atoms with van der Waals surface area (Å²) in [5, 5.41) is 16.5. The van der Waals surface area contributed by atoms with E-state index in [9.17, 15) is 0 Å². The molecule has 2 rings (SSSR count). The van der Waals surface area contributed by atoms with E-state index in [1.807, 2.05) is 24.3 Å². The van der Waals surface area contributed by atoms with Crippen LogP contribution in [-0.2, 0) is 0 Å². The summed E-state index contributed by atoms with van der Waals surface area (Å²) in [6, 6.07) is 8.24. The second-order valence-corrected chi connectivity index (χ2v) is 4.46. The molecule has 4 nitrogen and oxygen atoms in total. The van der Waals surface area contributed by atoms with Crippen molar-refractivity contribution in [3.8, 4) is 0 Å². The first kappa shape index (κ1) is 11.9. The third kappa shape index (κ3) is 2.58. The van der Waals surface area contributed by atoms with Crippen molar-refractivity contribution in [3.63, 3.8) is 0 Å². The van der Waals surface area contributed by atoms with Crippen LogP contribution >= 0.6 is 0 Å². The summed E-state index contributed by atoms with van der Waals surface area (Å²) < 4.78 is 0. The fourth-order valence-corrected chi connectivity index (χ4v) is 2.16. The largest absolute Gasteiger partial charge is 0.395 e. The van der Waals surface area contributed by atoms with Crippen LogP contribution in [0.3, 0.4) is 0 Å². The number of benzene rings is 1. The topological polar surface area (TPSA) is 73.3 Å². The van der Waals surface area contributed by atoms with Crippen molar-refractivity contribution >= 4 is 11.5 Å². The van der Waals surface area contributed by atoms with Gasteiger partial charge in [0.2, 0.25) is 0 Å². The van der Waals surface area contributed by atoms with Crippen LogP contribution in [0.1, 0.15) is 24.8 Å². The molecule has 0 heterocycles. The lowest BCUT2D eigenvalue weighted by Gasteiger charge is -2.39. The molecule has 4 heteroatoms. The Morgan fingerprint density at radius 3 is 2.41 bits per heavy atom. The maximum atomic E-state index is 9.11. The highest BCUT2D eigenvalue weighted by Crippen LogP contribution is 2.29. The molecule has 1 aromatic rings. The highest BCUT2D eigenvalue weighted by Gasteiger charge is 2.24. The number of hydrogen-bond donors (Lipinski definition) is 3. The van der Waals surface area contributed by atoms with Gasteiger partial charge in [-0.15, -0.1) is 0 Å². The Bertz CT molecular complexity index is 384. The molecule has 0 aromatic heterocycles. The smallest absolute Gasteiger partial charge is 0.122 e. The summed E-state index contributed by atoms with van der Waals surface area (Å²) in [4.78, 5) is 2.24. The van der Waals surface area contributed by atoms with Crippen LogP contribution in [0.15, 0.2) is 24.3 Å². The third-order valence-corrected chi connectivity index (χ3v) is 3.37. The molecule has 1 aromatic carbocycles. The molecule has 17 heavy (non-hydrogen) atoms. The Labute approximate surface area is 102 Å². The number of anilines is 1. The van der Waals surface area contributed by atoms with Gasteiger partial charge in [-0.2, -0.15) is 0 Å². The van der Waals surface area contributed by atoms with Gasteiger partial charge in [0.15, 0.2) is 0 Å². The standard InChI is InChI=1S/C13H19N3O/c14-13(15)10-4-6-12(7-5-10)16(8-9-17)11-2-1-3-11/h4-7,11,17H,1-3,8-9H2,(H3,14,15). The molecule has 0 saturated heterocycles. The van der Waals surface area contributed by atoms with E-state index in [0.717, 1.165) is 11.3 Å². The van der Waals surface area contributed by atoms with E-state index < -0.39 is 0 Å². The average molecular weight is 233 g/mol. The normalized spacial score (nSPS) is 15.4. The minimum Gasteiger partial charge on any atom is -0.395 e. The Balaban J connectivity index is 2.14. The van der Waals surface area contributed by atoms with E-state index in [1.165, 1.54) is 19.3 Å². The van der Waals surface area contributed by atoms with Gasteiger partial charge in [0.25, 0.3) is 0 Å². The zero-order valence-electron chi connectivity index (χ0n) is 9.89. The zero-order valence-corrected chi connectivity index (χ0v) is 9.89. The maximum absolute atomic E-state index is 9.11. The fourth-order valence-electron chi connectivity index (χ4n) is 2.16. The van der Waals surface area contributed by atoms with E-state index >= 15 is 0 Å². The Kier molecular flexibility index (Phi) is 3.64. The number of nitrogens with one attached hydrogen (secondary N) is 1. The van der Waals surface area contributed by atoms with Crippen LogP contribution in [0, 0.1) is 5.41 Å². The average Bonchev–Trinajstić information content (AvgIpc) is 2.26. The van der Waals surface area contributed by atoms with Gasteiger partial charge >= 0.3 is 0 Å². The van der Waals surface area contributed by atoms with Gasteiger partial charge in [-0.3, -0.25) is 5.41 Å². The minimum absolute atomic E-state index is 0.0916. The van der Waals surface area contributed by atoms with Gasteiger partial charge in [0, 0.05) is 23.8 Å². The number of hydrogen-bond acceptors (Lipinski definition) is 3. The molecule has 1 fully saturated rings. The molecule has 0 unspecified atom stereocenters. The molecular weight excluding hydrogens is 214 g/mol. The molecule has 1 saturated carbocycles. The SMILES string of the molecule is N=C(N)c1ccc(N(CCO)C2CCC2)cc1. The van der Waals surface area contributed by atoms with Gasteiger partial charge in [-0.05, 0) is 43.5 Å². The molecule has 0 bridgehead atoms. The van der Waals surface area contributed by atoms with Crippen LogP contribution in [-0.4, -0.2) is 30.1 Å². The fraction of sp³-hybridized carbons (Fsp3) is 0.462. The molecule has 0 spiro atoms. The molecule has 0 amide bonds. The highest BCUT2D eigenvalue weighted by molar-refractivity contribution is 5.95. The highest BCUT2D eigenvalue weighted by atomic mass is 16.3. The van der Waals surface area contributed by atoms with E-state index in [0.29, 0.717) is 12.6 Å². The molecule has 0 atom stereocenters. The first-order valence-corrected chi connectivity index (χ1v) is 6.04. The third-order valence-electron chi connectivity index (χ3n) is 3.37. The van der Waals surface area contributed by atoms with E-state index in [2.05, 4.69) is 4.90 Å². The lowest BCUT2D eigenvalue weighted by atomic mass is 9.91. The lowest BCUT2D eigenvalue weighted by molar-refractivity contribution is 0.283. The Morgan fingerprint density at radius 1 is 1.35 bits per heavy atom. The summed E-state index contributed by atoms with van der Waals surface area (Å²) in [6.07, 6.45) is 3.68. The first-order valence-electron chi connectivity index (χ1n) is 6.04. The maximum Gasteiger partial charge on any atom is 0.122 e. The number of aliphatic hydroxyl groups excluding tert-OH is 1. The van der Waals surface area contributed by atoms with Crippen molar-refractivity contribution < 1.29 is 5.11 Å². The van der Waals surface area contributed by atoms with Crippen LogP contribution in [0.4, 0.5) is 5.69 Å². The van der Waals surface area contributed by atoms with Gasteiger partial charge in [-0.1, -0.05) is 0 Å². The summed E-state index contributed by atoms with van der Waals surface area (Å²) in [5.41, 5.74) is 7.27. The molecule has 1 aliphatic rings. The predicted molar refractivity (Wildman–Crippen MR) is 69.5 cm³/mol. The molecule has 0 radical (unpaired) electrons. The van der Waals surface area contributed by atoms with Crippen LogP contribution in [0.25, 0.3) is 0 Å². The van der Waals surface area contributed by atoms with Crippen molar-refractivity contribution in [3.05, 3.63) is 29.8 Å². The van der Waals surface area contributed by atoms with E-state index in [1.54, 1.807) is 0 Å². The predicted octanol–water partition coefficient (Wildman–Crippen LogP) is 1.32. The second kappa shape index (κ2) is 5.19. The number of aliphatic hydroxyl groups is 1. The van der Waals surface area contributed by atoms with Crippen molar-refractivity contribution in [2.24, 2.45) is 5.73 Å². The number of nitrogens with zero attached hydrogens (tertiary/aromatic N) is 1. The van der Waals surface area contributed by atoms with Gasteiger partial charge in [0.05, 0.1) is 6.61 Å². The van der Waals surface area contributed by atoms with Crippen molar-refractivity contribution in [1.82, 2.24) is 0 Å². The number of nitrogens with two attached hydrogens (primary N) is 1. The second-order valence-electron chi connectivity index (χ2n) is 4.46. The first-order chi connectivity index (χ1) is 8.22. The molecule has 1 aliphatic carbocycles. The minimum atomic E-state index is 0.0916. The summed E-state index contributed by atoms with van der Waals surface area (Å²) in [7, 11) is 0. The Hall–Kier alpha value is -1.55. The van der Waals surface area contributed by atoms with Crippen LogP contribution < -0.4 is 10.6 Å². The molecule has 4 N–H and O–H groups in total. The van der Waals surface area contributed by atoms with Gasteiger partial charge < -0.3 is 15.7 Å². The monoisotopic (exact) mass is 233 g/mol.